The lowest BCUT2D eigenvalue weighted by Gasteiger charge is -2.08. The molecule has 0 spiro atoms. The van der Waals surface area contributed by atoms with E-state index in [9.17, 15) is 4.79 Å². The van der Waals surface area contributed by atoms with Gasteiger partial charge in [0.25, 0.3) is 5.91 Å². The Morgan fingerprint density at radius 3 is 2.88 bits per heavy atom. The normalized spacial score (nSPS) is 10.2. The molecule has 1 amide bonds. The van der Waals surface area contributed by atoms with Crippen LogP contribution in [0.4, 0.5) is 0 Å². The highest BCUT2D eigenvalue weighted by atomic mass is 32.2. The van der Waals surface area contributed by atoms with Gasteiger partial charge in [-0.1, -0.05) is 19.1 Å². The molecule has 0 aliphatic heterocycles. The van der Waals surface area contributed by atoms with Crippen molar-refractivity contribution in [2.24, 2.45) is 0 Å². The molecule has 0 aromatic heterocycles. The second-order valence-corrected chi connectivity index (χ2v) is 4.84. The SMILES string of the molecule is CCSc1ccccc1C(=O)NCCCOC. The van der Waals surface area contributed by atoms with E-state index in [4.69, 9.17) is 4.74 Å². The van der Waals surface area contributed by atoms with Crippen LogP contribution in [-0.2, 0) is 4.74 Å². The standard InChI is InChI=1S/C13H19NO2S/c1-3-17-12-8-5-4-7-11(12)13(15)14-9-6-10-16-2/h4-5,7-8H,3,6,9-10H2,1-2H3,(H,14,15). The van der Waals surface area contributed by atoms with Crippen molar-refractivity contribution in [1.82, 2.24) is 5.32 Å². The Labute approximate surface area is 107 Å². The summed E-state index contributed by atoms with van der Waals surface area (Å²) in [4.78, 5) is 13.0. The molecular weight excluding hydrogens is 234 g/mol. The first kappa shape index (κ1) is 14.1. The van der Waals surface area contributed by atoms with Crippen LogP contribution in [0.25, 0.3) is 0 Å². The summed E-state index contributed by atoms with van der Waals surface area (Å²) in [6, 6.07) is 7.70. The third kappa shape index (κ3) is 4.79. The van der Waals surface area contributed by atoms with Gasteiger partial charge in [0.2, 0.25) is 0 Å². The highest BCUT2D eigenvalue weighted by molar-refractivity contribution is 7.99. The van der Waals surface area contributed by atoms with Crippen molar-refractivity contribution in [3.05, 3.63) is 29.8 Å². The number of nitrogens with one attached hydrogen (secondary N) is 1. The van der Waals surface area contributed by atoms with E-state index in [1.807, 2.05) is 24.3 Å². The molecule has 0 fully saturated rings. The largest absolute Gasteiger partial charge is 0.385 e. The summed E-state index contributed by atoms with van der Waals surface area (Å²) in [6.45, 7) is 3.40. The van der Waals surface area contributed by atoms with E-state index in [2.05, 4.69) is 12.2 Å². The average Bonchev–Trinajstić information content (AvgIpc) is 2.35. The van der Waals surface area contributed by atoms with Crippen LogP contribution >= 0.6 is 11.8 Å². The van der Waals surface area contributed by atoms with Crippen LogP contribution in [0, 0.1) is 0 Å². The lowest BCUT2D eigenvalue weighted by atomic mass is 10.2. The molecule has 17 heavy (non-hydrogen) atoms. The van der Waals surface area contributed by atoms with E-state index < -0.39 is 0 Å². The maximum absolute atomic E-state index is 11.9. The minimum absolute atomic E-state index is 0.00217. The van der Waals surface area contributed by atoms with Gasteiger partial charge in [-0.3, -0.25) is 4.79 Å². The van der Waals surface area contributed by atoms with Gasteiger partial charge in [0, 0.05) is 25.2 Å². The van der Waals surface area contributed by atoms with Gasteiger partial charge < -0.3 is 10.1 Å². The molecule has 0 radical (unpaired) electrons. The molecule has 1 aromatic carbocycles. The molecule has 1 rings (SSSR count). The Kier molecular flexibility index (Phi) is 6.74. The molecule has 3 nitrogen and oxygen atoms in total. The number of rotatable bonds is 7. The molecular formula is C13H19NO2S. The Balaban J connectivity index is 2.55. The van der Waals surface area contributed by atoms with E-state index in [0.29, 0.717) is 13.2 Å². The lowest BCUT2D eigenvalue weighted by Crippen LogP contribution is -2.25. The maximum Gasteiger partial charge on any atom is 0.252 e. The van der Waals surface area contributed by atoms with Crippen molar-refractivity contribution in [3.63, 3.8) is 0 Å². The predicted molar refractivity (Wildman–Crippen MR) is 71.7 cm³/mol. The lowest BCUT2D eigenvalue weighted by molar-refractivity contribution is 0.0945. The number of hydrogen-bond donors (Lipinski definition) is 1. The molecule has 4 heteroatoms. The Morgan fingerprint density at radius 2 is 2.18 bits per heavy atom. The fourth-order valence-corrected chi connectivity index (χ4v) is 2.25. The molecule has 0 atom stereocenters. The zero-order valence-corrected chi connectivity index (χ0v) is 11.2. The molecule has 0 aliphatic rings. The van der Waals surface area contributed by atoms with Crippen LogP contribution in [0.1, 0.15) is 23.7 Å². The first-order chi connectivity index (χ1) is 8.29. The maximum atomic E-state index is 11.9. The highest BCUT2D eigenvalue weighted by Gasteiger charge is 2.09. The number of thioether (sulfide) groups is 1. The monoisotopic (exact) mass is 253 g/mol. The number of carbonyl (C=O) groups excluding carboxylic acids is 1. The van der Waals surface area contributed by atoms with Gasteiger partial charge in [-0.05, 0) is 24.3 Å². The molecule has 94 valence electrons. The molecule has 0 saturated carbocycles. The number of amides is 1. The van der Waals surface area contributed by atoms with Crippen LogP contribution in [-0.4, -0.2) is 31.9 Å². The minimum Gasteiger partial charge on any atom is -0.385 e. The first-order valence-electron chi connectivity index (χ1n) is 5.78. The minimum atomic E-state index is -0.00217. The predicted octanol–water partition coefficient (Wildman–Crippen LogP) is 2.56. The van der Waals surface area contributed by atoms with Gasteiger partial charge in [0.05, 0.1) is 5.56 Å². The Morgan fingerprint density at radius 1 is 1.41 bits per heavy atom. The van der Waals surface area contributed by atoms with Gasteiger partial charge in [-0.25, -0.2) is 0 Å². The van der Waals surface area contributed by atoms with Crippen LogP contribution in [0.2, 0.25) is 0 Å². The molecule has 1 N–H and O–H groups in total. The van der Waals surface area contributed by atoms with Gasteiger partial charge in [-0.15, -0.1) is 11.8 Å². The van der Waals surface area contributed by atoms with Crippen LogP contribution in [0.3, 0.4) is 0 Å². The summed E-state index contributed by atoms with van der Waals surface area (Å²) >= 11 is 1.69. The summed E-state index contributed by atoms with van der Waals surface area (Å²) in [5.41, 5.74) is 0.761. The van der Waals surface area contributed by atoms with Crippen LogP contribution < -0.4 is 5.32 Å². The first-order valence-corrected chi connectivity index (χ1v) is 6.77. The van der Waals surface area contributed by atoms with E-state index >= 15 is 0 Å². The quantitative estimate of drug-likeness (QED) is 0.599. The summed E-state index contributed by atoms with van der Waals surface area (Å²) in [7, 11) is 1.66. The smallest absolute Gasteiger partial charge is 0.252 e. The molecule has 0 unspecified atom stereocenters. The van der Waals surface area contributed by atoms with E-state index in [1.54, 1.807) is 18.9 Å². The highest BCUT2D eigenvalue weighted by Crippen LogP contribution is 2.21. The average molecular weight is 253 g/mol. The van der Waals surface area contributed by atoms with Gasteiger partial charge in [0.1, 0.15) is 0 Å². The summed E-state index contributed by atoms with van der Waals surface area (Å²) in [5, 5.41) is 2.90. The number of methoxy groups -OCH3 is 1. The molecule has 0 heterocycles. The number of hydrogen-bond acceptors (Lipinski definition) is 3. The number of ether oxygens (including phenoxy) is 1. The molecule has 0 saturated heterocycles. The Hall–Kier alpha value is -1.00. The fourth-order valence-electron chi connectivity index (χ4n) is 1.45. The van der Waals surface area contributed by atoms with Crippen LogP contribution in [0.5, 0.6) is 0 Å². The molecule has 0 aliphatic carbocycles. The van der Waals surface area contributed by atoms with E-state index in [1.165, 1.54) is 0 Å². The zero-order valence-electron chi connectivity index (χ0n) is 10.4. The van der Waals surface area contributed by atoms with Gasteiger partial charge in [-0.2, -0.15) is 0 Å². The van der Waals surface area contributed by atoms with Crippen molar-refractivity contribution >= 4 is 17.7 Å². The second kappa shape index (κ2) is 8.14. The summed E-state index contributed by atoms with van der Waals surface area (Å²) in [6.07, 6.45) is 0.839. The Bertz CT molecular complexity index is 355. The molecule has 0 bridgehead atoms. The van der Waals surface area contributed by atoms with Crippen molar-refractivity contribution in [1.29, 1.82) is 0 Å². The van der Waals surface area contributed by atoms with Crippen LogP contribution in [0.15, 0.2) is 29.2 Å². The fraction of sp³-hybridized carbons (Fsp3) is 0.462. The number of benzene rings is 1. The van der Waals surface area contributed by atoms with Gasteiger partial charge in [0.15, 0.2) is 0 Å². The summed E-state index contributed by atoms with van der Waals surface area (Å²) < 4.78 is 4.94. The van der Waals surface area contributed by atoms with Gasteiger partial charge >= 0.3 is 0 Å². The van der Waals surface area contributed by atoms with E-state index in [0.717, 1.165) is 22.6 Å². The third-order valence-electron chi connectivity index (χ3n) is 2.24. The van der Waals surface area contributed by atoms with Crippen molar-refractivity contribution < 1.29 is 9.53 Å². The second-order valence-electron chi connectivity index (χ2n) is 3.53. The number of carbonyl (C=O) groups is 1. The van der Waals surface area contributed by atoms with Crippen molar-refractivity contribution in [2.45, 2.75) is 18.2 Å². The third-order valence-corrected chi connectivity index (χ3v) is 3.20. The van der Waals surface area contributed by atoms with E-state index in [-0.39, 0.29) is 5.91 Å². The summed E-state index contributed by atoms with van der Waals surface area (Å²) in [5.74, 6) is 0.964. The molecule has 1 aromatic rings. The zero-order chi connectivity index (χ0) is 12.5. The topological polar surface area (TPSA) is 38.3 Å². The van der Waals surface area contributed by atoms with Crippen molar-refractivity contribution in [2.75, 3.05) is 26.0 Å². The van der Waals surface area contributed by atoms with Crippen molar-refractivity contribution in [3.8, 4) is 0 Å².